The number of fused-ring (bicyclic) bond motifs is 1. The number of sulfonamides is 1. The van der Waals surface area contributed by atoms with Gasteiger partial charge in [-0.3, -0.25) is 18.8 Å². The Morgan fingerprint density at radius 2 is 1.89 bits per heavy atom. The minimum absolute atomic E-state index is 0.0272. The van der Waals surface area contributed by atoms with Gasteiger partial charge in [-0.1, -0.05) is 19.8 Å². The molecule has 1 aliphatic rings. The molecule has 0 amide bonds. The number of benzene rings is 1. The number of carboxylic acid groups (broad SMARTS) is 1. The van der Waals surface area contributed by atoms with Gasteiger partial charge in [-0.05, 0) is 44.4 Å². The molecule has 12 heteroatoms. The first-order valence-electron chi connectivity index (χ1n) is 12.1. The number of aryl methyl sites for hydroxylation is 2. The molecular formula is C24H31N5O6S. The summed E-state index contributed by atoms with van der Waals surface area (Å²) >= 11 is 0. The summed E-state index contributed by atoms with van der Waals surface area (Å²) < 4.78 is 36.5. The van der Waals surface area contributed by atoms with E-state index in [1.54, 1.807) is 14.0 Å². The van der Waals surface area contributed by atoms with Crippen LogP contribution in [0.25, 0.3) is 22.4 Å². The summed E-state index contributed by atoms with van der Waals surface area (Å²) in [6.07, 6.45) is 3.92. The fourth-order valence-electron chi connectivity index (χ4n) is 4.59. The Morgan fingerprint density at radius 1 is 1.17 bits per heavy atom. The van der Waals surface area contributed by atoms with Crippen molar-refractivity contribution in [2.75, 3.05) is 19.7 Å². The zero-order valence-corrected chi connectivity index (χ0v) is 21.5. The van der Waals surface area contributed by atoms with Gasteiger partial charge < -0.3 is 9.84 Å². The molecule has 0 radical (unpaired) electrons. The van der Waals surface area contributed by atoms with Crippen LogP contribution >= 0.6 is 0 Å². The van der Waals surface area contributed by atoms with E-state index in [1.807, 2.05) is 6.92 Å². The molecular weight excluding hydrogens is 486 g/mol. The highest BCUT2D eigenvalue weighted by molar-refractivity contribution is 7.89. The van der Waals surface area contributed by atoms with Crippen molar-refractivity contribution >= 4 is 27.0 Å². The number of hydrogen-bond acceptors (Lipinski definition) is 7. The van der Waals surface area contributed by atoms with Crippen molar-refractivity contribution < 1.29 is 23.1 Å². The molecule has 0 atom stereocenters. The summed E-state index contributed by atoms with van der Waals surface area (Å²) in [7, 11) is -2.18. The topological polar surface area (TPSA) is 137 Å². The molecule has 3 heterocycles. The van der Waals surface area contributed by atoms with Gasteiger partial charge in [0.1, 0.15) is 23.6 Å². The van der Waals surface area contributed by atoms with Gasteiger partial charge in [0.05, 0.1) is 22.8 Å². The molecule has 11 nitrogen and oxygen atoms in total. The minimum Gasteiger partial charge on any atom is -0.493 e. The molecule has 0 saturated carbocycles. The predicted molar refractivity (Wildman–Crippen MR) is 134 cm³/mol. The number of ether oxygens (including phenoxy) is 1. The van der Waals surface area contributed by atoms with E-state index in [9.17, 15) is 23.1 Å². The van der Waals surface area contributed by atoms with Crippen LogP contribution in [0, 0.1) is 0 Å². The van der Waals surface area contributed by atoms with Crippen molar-refractivity contribution in [3.8, 4) is 17.1 Å². The van der Waals surface area contributed by atoms with Gasteiger partial charge in [0.25, 0.3) is 5.56 Å². The molecule has 1 aliphatic heterocycles. The van der Waals surface area contributed by atoms with Gasteiger partial charge in [-0.2, -0.15) is 9.40 Å². The van der Waals surface area contributed by atoms with E-state index in [2.05, 4.69) is 5.10 Å². The van der Waals surface area contributed by atoms with Gasteiger partial charge in [0.15, 0.2) is 5.52 Å². The Morgan fingerprint density at radius 3 is 2.53 bits per heavy atom. The van der Waals surface area contributed by atoms with Crippen LogP contribution in [0.15, 0.2) is 27.9 Å². The normalized spacial score (nSPS) is 14.9. The van der Waals surface area contributed by atoms with E-state index in [-0.39, 0.29) is 28.4 Å². The number of piperidine rings is 1. The monoisotopic (exact) mass is 517 g/mol. The van der Waals surface area contributed by atoms with Crippen LogP contribution in [0.1, 0.15) is 45.2 Å². The van der Waals surface area contributed by atoms with E-state index < -0.39 is 28.1 Å². The van der Waals surface area contributed by atoms with Crippen molar-refractivity contribution in [1.82, 2.24) is 23.6 Å². The fourth-order valence-corrected chi connectivity index (χ4v) is 6.13. The second-order valence-corrected chi connectivity index (χ2v) is 10.7. The van der Waals surface area contributed by atoms with Crippen LogP contribution in [0.5, 0.6) is 5.75 Å². The number of rotatable bonds is 9. The molecule has 1 N–H and O–H groups in total. The maximum Gasteiger partial charge on any atom is 0.323 e. The molecule has 1 aromatic carbocycles. The van der Waals surface area contributed by atoms with Crippen LogP contribution in [-0.4, -0.2) is 62.8 Å². The number of aliphatic carboxylic acids is 1. The van der Waals surface area contributed by atoms with E-state index in [0.29, 0.717) is 36.5 Å². The standard InChI is InChI=1S/C24H31N5O6S/c1-4-9-18-21-22(27(3)26-18)24(32)29(15-20(30)31)23(25-21)17-14-16(10-11-19(17)35-5-2)36(33,34)28-12-7-6-8-13-28/h10-11,14H,4-9,12-13,15H2,1-3H3,(H,30,31). The van der Waals surface area contributed by atoms with Crippen molar-refractivity contribution in [2.24, 2.45) is 7.05 Å². The third kappa shape index (κ3) is 4.74. The number of aromatic nitrogens is 4. The molecule has 3 aromatic rings. The minimum atomic E-state index is -3.80. The molecule has 1 fully saturated rings. The van der Waals surface area contributed by atoms with Gasteiger partial charge >= 0.3 is 5.97 Å². The quantitative estimate of drug-likeness (QED) is 0.457. The zero-order chi connectivity index (χ0) is 26.0. The highest BCUT2D eigenvalue weighted by Gasteiger charge is 2.29. The Hall–Kier alpha value is -3.25. The summed E-state index contributed by atoms with van der Waals surface area (Å²) in [6.45, 7) is 4.27. The van der Waals surface area contributed by atoms with Crippen LogP contribution < -0.4 is 10.3 Å². The molecule has 1 saturated heterocycles. The van der Waals surface area contributed by atoms with Gasteiger partial charge in [0.2, 0.25) is 10.0 Å². The van der Waals surface area contributed by atoms with Gasteiger partial charge in [-0.25, -0.2) is 13.4 Å². The third-order valence-electron chi connectivity index (χ3n) is 6.24. The van der Waals surface area contributed by atoms with E-state index in [0.717, 1.165) is 30.3 Å². The number of hydrogen-bond donors (Lipinski definition) is 1. The Kier molecular flexibility index (Phi) is 7.46. The van der Waals surface area contributed by atoms with Crippen LogP contribution in [0.2, 0.25) is 0 Å². The van der Waals surface area contributed by atoms with Crippen molar-refractivity contribution in [2.45, 2.75) is 57.4 Å². The molecule has 0 bridgehead atoms. The largest absolute Gasteiger partial charge is 0.493 e. The molecule has 0 spiro atoms. The summed E-state index contributed by atoms with van der Waals surface area (Å²) in [5, 5.41) is 14.0. The lowest BCUT2D eigenvalue weighted by molar-refractivity contribution is -0.137. The average Bonchev–Trinajstić information content (AvgIpc) is 3.16. The van der Waals surface area contributed by atoms with Crippen LogP contribution in [-0.2, 0) is 34.8 Å². The van der Waals surface area contributed by atoms with Crippen LogP contribution in [0.4, 0.5) is 0 Å². The fraction of sp³-hybridized carbons (Fsp3) is 0.500. The predicted octanol–water partition coefficient (Wildman–Crippen LogP) is 2.41. The Bertz CT molecular complexity index is 1450. The lowest BCUT2D eigenvalue weighted by atomic mass is 10.1. The Balaban J connectivity index is 2.00. The number of nitrogens with zero attached hydrogens (tertiary/aromatic N) is 5. The molecule has 36 heavy (non-hydrogen) atoms. The van der Waals surface area contributed by atoms with Crippen molar-refractivity contribution in [3.05, 3.63) is 34.2 Å². The maximum atomic E-state index is 13.5. The van der Waals surface area contributed by atoms with Gasteiger partial charge in [0, 0.05) is 20.1 Å². The second kappa shape index (κ2) is 10.4. The lowest BCUT2D eigenvalue weighted by Crippen LogP contribution is -2.35. The van der Waals surface area contributed by atoms with Crippen molar-refractivity contribution in [1.29, 1.82) is 0 Å². The Labute approximate surface area is 209 Å². The highest BCUT2D eigenvalue weighted by atomic mass is 32.2. The number of carbonyl (C=O) groups is 1. The summed E-state index contributed by atoms with van der Waals surface area (Å²) in [5.41, 5.74) is 0.847. The van der Waals surface area contributed by atoms with E-state index >= 15 is 0 Å². The summed E-state index contributed by atoms with van der Waals surface area (Å²) in [5.74, 6) is -0.897. The maximum absolute atomic E-state index is 13.5. The molecule has 0 unspecified atom stereocenters. The van der Waals surface area contributed by atoms with E-state index in [4.69, 9.17) is 9.72 Å². The lowest BCUT2D eigenvalue weighted by Gasteiger charge is -2.26. The molecule has 194 valence electrons. The highest BCUT2D eigenvalue weighted by Crippen LogP contribution is 2.34. The second-order valence-electron chi connectivity index (χ2n) is 8.79. The average molecular weight is 518 g/mol. The molecule has 2 aromatic heterocycles. The number of carboxylic acids is 1. The first-order valence-corrected chi connectivity index (χ1v) is 13.6. The molecule has 0 aliphatic carbocycles. The summed E-state index contributed by atoms with van der Waals surface area (Å²) in [4.78, 5) is 30.0. The summed E-state index contributed by atoms with van der Waals surface area (Å²) in [6, 6.07) is 4.44. The van der Waals surface area contributed by atoms with Crippen molar-refractivity contribution in [3.63, 3.8) is 0 Å². The first kappa shape index (κ1) is 25.8. The molecule has 4 rings (SSSR count). The SMILES string of the molecule is CCCc1nn(C)c2c(=O)n(CC(=O)O)c(-c3cc(S(=O)(=O)N4CCCCC4)ccc3OCC)nc12. The first-order chi connectivity index (χ1) is 17.2. The third-order valence-corrected chi connectivity index (χ3v) is 8.13. The van der Waals surface area contributed by atoms with E-state index in [1.165, 1.54) is 27.2 Å². The smallest absolute Gasteiger partial charge is 0.323 e. The zero-order valence-electron chi connectivity index (χ0n) is 20.7. The van der Waals surface area contributed by atoms with Crippen LogP contribution in [0.3, 0.4) is 0 Å². The van der Waals surface area contributed by atoms with Gasteiger partial charge in [-0.15, -0.1) is 0 Å².